The molecule has 2 N–H and O–H groups in total. The minimum Gasteiger partial charge on any atom is -0.507 e. The number of phenolic OH excluding ortho intramolecular Hbond substituents is 1. The largest absolute Gasteiger partial charge is 0.507 e. The molecule has 2 rings (SSSR count). The Morgan fingerprint density at radius 1 is 0.967 bits per heavy atom. The highest BCUT2D eigenvalue weighted by Gasteiger charge is 2.27. The molecule has 3 nitrogen and oxygen atoms in total. The highest BCUT2D eigenvalue weighted by atomic mass is 32.1. The van der Waals surface area contributed by atoms with E-state index in [1.54, 1.807) is 0 Å². The summed E-state index contributed by atoms with van der Waals surface area (Å²) in [5.74, 6) is 0.403. The number of hydrogen-bond donors (Lipinski definition) is 2. The number of benzene rings is 2. The molecule has 2 aromatic carbocycles. The van der Waals surface area contributed by atoms with E-state index in [1.165, 1.54) is 5.56 Å². The number of aromatic hydroxyl groups is 1. The number of phenols is 1. The van der Waals surface area contributed by atoms with Crippen molar-refractivity contribution >= 4 is 17.3 Å². The van der Waals surface area contributed by atoms with Crippen LogP contribution in [0.5, 0.6) is 5.75 Å². The second kappa shape index (κ2) is 9.65. The summed E-state index contributed by atoms with van der Waals surface area (Å²) in [6.45, 7) is 18.6. The molecule has 0 aromatic heterocycles. The van der Waals surface area contributed by atoms with E-state index < -0.39 is 0 Å². The second-order valence-corrected chi connectivity index (χ2v) is 10.2. The lowest BCUT2D eigenvalue weighted by molar-refractivity contribution is 0.395. The van der Waals surface area contributed by atoms with Crippen LogP contribution in [0.3, 0.4) is 0 Å². The van der Waals surface area contributed by atoms with Crippen molar-refractivity contribution in [1.29, 1.82) is 0 Å². The maximum atomic E-state index is 11.0. The fourth-order valence-corrected chi connectivity index (χ4v) is 3.64. The molecule has 0 saturated carbocycles. The number of nitrogens with zero attached hydrogens (tertiary/aromatic N) is 1. The van der Waals surface area contributed by atoms with Gasteiger partial charge in [0.1, 0.15) is 5.75 Å². The van der Waals surface area contributed by atoms with Crippen LogP contribution in [0.4, 0.5) is 0 Å². The lowest BCUT2D eigenvalue weighted by Crippen LogP contribution is -2.39. The van der Waals surface area contributed by atoms with Gasteiger partial charge < -0.3 is 15.3 Å². The van der Waals surface area contributed by atoms with Crippen molar-refractivity contribution in [2.75, 3.05) is 6.54 Å². The summed E-state index contributed by atoms with van der Waals surface area (Å²) in [7, 11) is 0. The predicted octanol–water partition coefficient (Wildman–Crippen LogP) is 6.05. The summed E-state index contributed by atoms with van der Waals surface area (Å²) < 4.78 is 0. The van der Waals surface area contributed by atoms with Crippen LogP contribution in [-0.4, -0.2) is 21.7 Å². The fraction of sp³-hybridized carbons (Fsp3) is 0.423. The summed E-state index contributed by atoms with van der Waals surface area (Å²) >= 11 is 5.70. The van der Waals surface area contributed by atoms with Crippen molar-refractivity contribution in [2.24, 2.45) is 0 Å². The van der Waals surface area contributed by atoms with Crippen LogP contribution in [-0.2, 0) is 23.9 Å². The highest BCUT2D eigenvalue weighted by molar-refractivity contribution is 7.80. The molecular weight excluding hydrogens is 388 g/mol. The van der Waals surface area contributed by atoms with Crippen LogP contribution in [0.2, 0.25) is 0 Å². The zero-order valence-electron chi connectivity index (χ0n) is 19.2. The van der Waals surface area contributed by atoms with Crippen molar-refractivity contribution in [1.82, 2.24) is 10.2 Å². The van der Waals surface area contributed by atoms with Gasteiger partial charge in [-0.15, -0.1) is 6.58 Å². The van der Waals surface area contributed by atoms with Crippen molar-refractivity contribution in [3.05, 3.63) is 77.4 Å². The average Bonchev–Trinajstić information content (AvgIpc) is 2.65. The van der Waals surface area contributed by atoms with Crippen LogP contribution >= 0.6 is 12.2 Å². The van der Waals surface area contributed by atoms with E-state index in [2.05, 4.69) is 82.6 Å². The topological polar surface area (TPSA) is 35.5 Å². The summed E-state index contributed by atoms with van der Waals surface area (Å²) in [6.07, 6.45) is 1.81. The SMILES string of the molecule is C=CCNC(=S)N(Cc1ccccc1)Cc1cc(C(C)(C)C)c(O)c(C(C)(C)C)c1. The van der Waals surface area contributed by atoms with Crippen LogP contribution < -0.4 is 5.32 Å². The van der Waals surface area contributed by atoms with Crippen LogP contribution in [0.15, 0.2) is 55.1 Å². The molecule has 0 amide bonds. The molecule has 0 fully saturated rings. The van der Waals surface area contributed by atoms with Gasteiger partial charge in [-0.2, -0.15) is 0 Å². The first-order chi connectivity index (χ1) is 13.9. The molecule has 0 spiro atoms. The Balaban J connectivity index is 2.47. The van der Waals surface area contributed by atoms with E-state index in [1.807, 2.05) is 24.3 Å². The van der Waals surface area contributed by atoms with Gasteiger partial charge in [0, 0.05) is 19.6 Å². The van der Waals surface area contributed by atoms with Crippen molar-refractivity contribution in [3.8, 4) is 5.75 Å². The van der Waals surface area contributed by atoms with Gasteiger partial charge in [-0.25, -0.2) is 0 Å². The molecule has 0 atom stereocenters. The van der Waals surface area contributed by atoms with Gasteiger partial charge in [0.15, 0.2) is 5.11 Å². The molecule has 0 aliphatic heterocycles. The molecule has 0 aliphatic rings. The molecule has 162 valence electrons. The Hall–Kier alpha value is -2.33. The lowest BCUT2D eigenvalue weighted by Gasteiger charge is -2.30. The van der Waals surface area contributed by atoms with Crippen LogP contribution in [0.1, 0.15) is 63.8 Å². The summed E-state index contributed by atoms with van der Waals surface area (Å²) in [4.78, 5) is 2.17. The van der Waals surface area contributed by atoms with Gasteiger partial charge in [0.05, 0.1) is 0 Å². The van der Waals surface area contributed by atoms with Gasteiger partial charge in [0.2, 0.25) is 0 Å². The third-order valence-corrected chi connectivity index (χ3v) is 5.46. The van der Waals surface area contributed by atoms with Crippen molar-refractivity contribution in [2.45, 2.75) is 65.5 Å². The van der Waals surface area contributed by atoms with Crippen molar-refractivity contribution < 1.29 is 5.11 Å². The zero-order valence-corrected chi connectivity index (χ0v) is 20.1. The van der Waals surface area contributed by atoms with Gasteiger partial charge in [-0.1, -0.05) is 78.0 Å². The molecule has 0 heterocycles. The molecule has 4 heteroatoms. The zero-order chi connectivity index (χ0) is 22.5. The maximum Gasteiger partial charge on any atom is 0.169 e. The molecular formula is C26H36N2OS. The third-order valence-electron chi connectivity index (χ3n) is 5.06. The Morgan fingerprint density at radius 2 is 1.47 bits per heavy atom. The summed E-state index contributed by atoms with van der Waals surface area (Å²) in [5, 5.41) is 15.0. The fourth-order valence-electron chi connectivity index (χ4n) is 3.42. The Morgan fingerprint density at radius 3 is 1.93 bits per heavy atom. The first-order valence-electron chi connectivity index (χ1n) is 10.5. The van der Waals surface area contributed by atoms with Crippen molar-refractivity contribution in [3.63, 3.8) is 0 Å². The Kier molecular flexibility index (Phi) is 7.70. The quantitative estimate of drug-likeness (QED) is 0.437. The normalized spacial score (nSPS) is 11.8. The minimum absolute atomic E-state index is 0.161. The van der Waals surface area contributed by atoms with Gasteiger partial charge in [0.25, 0.3) is 0 Å². The Bertz CT molecular complexity index is 841. The van der Waals surface area contributed by atoms with Crippen LogP contribution in [0.25, 0.3) is 0 Å². The van der Waals surface area contributed by atoms with E-state index in [0.29, 0.717) is 30.5 Å². The molecule has 0 aliphatic carbocycles. The Labute approximate surface area is 187 Å². The first-order valence-corrected chi connectivity index (χ1v) is 10.9. The smallest absolute Gasteiger partial charge is 0.169 e. The second-order valence-electron chi connectivity index (χ2n) is 9.86. The number of hydrogen-bond acceptors (Lipinski definition) is 2. The minimum atomic E-state index is -0.161. The van der Waals surface area contributed by atoms with E-state index in [9.17, 15) is 5.11 Å². The summed E-state index contributed by atoms with van der Waals surface area (Å²) in [6, 6.07) is 14.6. The van der Waals surface area contributed by atoms with E-state index in [0.717, 1.165) is 16.7 Å². The van der Waals surface area contributed by atoms with E-state index in [4.69, 9.17) is 12.2 Å². The molecule has 0 unspecified atom stereocenters. The molecule has 0 bridgehead atoms. The summed E-state index contributed by atoms with van der Waals surface area (Å²) in [5.41, 5.74) is 3.95. The molecule has 2 aromatic rings. The standard InChI is InChI=1S/C26H36N2OS/c1-8-14-27-24(30)28(17-19-12-10-9-11-13-19)18-20-15-21(25(2,3)4)23(29)22(16-20)26(5,6)7/h8-13,15-16,29H,1,14,17-18H2,2-7H3,(H,27,30). The maximum absolute atomic E-state index is 11.0. The van der Waals surface area contributed by atoms with Gasteiger partial charge in [-0.05, 0) is 57.4 Å². The van der Waals surface area contributed by atoms with E-state index >= 15 is 0 Å². The van der Waals surface area contributed by atoms with Gasteiger partial charge >= 0.3 is 0 Å². The predicted molar refractivity (Wildman–Crippen MR) is 132 cm³/mol. The molecule has 30 heavy (non-hydrogen) atoms. The monoisotopic (exact) mass is 424 g/mol. The number of nitrogens with one attached hydrogen (secondary N) is 1. The number of thiocarbonyl (C=S) groups is 1. The van der Waals surface area contributed by atoms with Gasteiger partial charge in [-0.3, -0.25) is 0 Å². The highest BCUT2D eigenvalue weighted by Crippen LogP contribution is 2.40. The molecule has 0 saturated heterocycles. The van der Waals surface area contributed by atoms with Crippen LogP contribution in [0, 0.1) is 0 Å². The first kappa shape index (κ1) is 23.9. The third kappa shape index (κ3) is 6.33. The average molecular weight is 425 g/mol. The number of rotatable bonds is 6. The van der Waals surface area contributed by atoms with E-state index in [-0.39, 0.29) is 10.8 Å². The molecule has 0 radical (unpaired) electrons. The lowest BCUT2D eigenvalue weighted by atomic mass is 9.78.